The zero-order chi connectivity index (χ0) is 24.1. The Bertz CT molecular complexity index is 1210. The van der Waals surface area contributed by atoms with Crippen LogP contribution in [0.25, 0.3) is 0 Å². The van der Waals surface area contributed by atoms with E-state index in [4.69, 9.17) is 0 Å². The van der Waals surface area contributed by atoms with Crippen LogP contribution in [0.1, 0.15) is 5.56 Å². The van der Waals surface area contributed by atoms with Crippen molar-refractivity contribution in [3.8, 4) is 0 Å². The number of carbonyl (C=O) groups is 1. The lowest BCUT2D eigenvalue weighted by molar-refractivity contribution is -0.133. The van der Waals surface area contributed by atoms with Crippen LogP contribution < -0.4 is 9.62 Å². The summed E-state index contributed by atoms with van der Waals surface area (Å²) in [4.78, 5) is 17.0. The number of carbonyl (C=O) groups excluding carboxylic acids is 1. The quantitative estimate of drug-likeness (QED) is 0.558. The smallest absolute Gasteiger partial charge is 0.241 e. The fraction of sp³-hybridized carbons (Fsp3) is 0.240. The van der Waals surface area contributed by atoms with Gasteiger partial charge in [-0.25, -0.2) is 17.2 Å². The molecular weight excluding hydrogens is 460 g/mol. The van der Waals surface area contributed by atoms with Gasteiger partial charge in [0.25, 0.3) is 0 Å². The van der Waals surface area contributed by atoms with Crippen molar-refractivity contribution in [3.63, 3.8) is 0 Å². The minimum Gasteiger partial charge on any atom is -0.368 e. The molecule has 1 fully saturated rings. The van der Waals surface area contributed by atoms with E-state index in [1.165, 1.54) is 24.3 Å². The molecule has 0 bridgehead atoms. The molecule has 0 radical (unpaired) electrons. The number of piperazine rings is 1. The van der Waals surface area contributed by atoms with E-state index in [9.17, 15) is 22.0 Å². The second-order valence-corrected chi connectivity index (χ2v) is 9.82. The Morgan fingerprint density at radius 3 is 1.97 bits per heavy atom. The molecule has 9 heteroatoms. The van der Waals surface area contributed by atoms with E-state index >= 15 is 0 Å². The van der Waals surface area contributed by atoms with Crippen LogP contribution in [0, 0.1) is 11.6 Å². The SMILES string of the molecule is O=C(C(Cc1ccccc1)NS(=O)(=O)c1ccc(F)cc1)N1CCN(c2ccc(F)cc2)CC1. The van der Waals surface area contributed by atoms with Crippen LogP contribution in [-0.2, 0) is 21.2 Å². The van der Waals surface area contributed by atoms with Crippen molar-refractivity contribution in [3.05, 3.63) is 96.1 Å². The molecule has 3 aromatic rings. The van der Waals surface area contributed by atoms with Gasteiger partial charge in [-0.05, 0) is 60.5 Å². The summed E-state index contributed by atoms with van der Waals surface area (Å²) in [5, 5.41) is 0. The van der Waals surface area contributed by atoms with Crippen LogP contribution in [0.3, 0.4) is 0 Å². The summed E-state index contributed by atoms with van der Waals surface area (Å²) in [7, 11) is -4.05. The first kappa shape index (κ1) is 23.8. The highest BCUT2D eigenvalue weighted by atomic mass is 32.2. The van der Waals surface area contributed by atoms with Crippen molar-refractivity contribution in [2.75, 3.05) is 31.1 Å². The van der Waals surface area contributed by atoms with Gasteiger partial charge in [0.2, 0.25) is 15.9 Å². The first-order valence-electron chi connectivity index (χ1n) is 10.9. The second-order valence-electron chi connectivity index (χ2n) is 8.11. The summed E-state index contributed by atoms with van der Waals surface area (Å²) in [5.41, 5.74) is 1.68. The summed E-state index contributed by atoms with van der Waals surface area (Å²) in [6.45, 7) is 1.89. The Hall–Kier alpha value is -3.30. The number of hydrogen-bond acceptors (Lipinski definition) is 4. The lowest BCUT2D eigenvalue weighted by Gasteiger charge is -2.37. The van der Waals surface area contributed by atoms with E-state index in [1.54, 1.807) is 17.0 Å². The molecule has 6 nitrogen and oxygen atoms in total. The molecule has 0 aromatic heterocycles. The number of nitrogens with zero attached hydrogens (tertiary/aromatic N) is 2. The van der Waals surface area contributed by atoms with Gasteiger partial charge in [-0.15, -0.1) is 0 Å². The molecule has 1 heterocycles. The highest BCUT2D eigenvalue weighted by Crippen LogP contribution is 2.19. The number of sulfonamides is 1. The zero-order valence-electron chi connectivity index (χ0n) is 18.4. The maximum absolute atomic E-state index is 13.4. The largest absolute Gasteiger partial charge is 0.368 e. The Balaban J connectivity index is 1.50. The third-order valence-electron chi connectivity index (χ3n) is 5.79. The summed E-state index contributed by atoms with van der Waals surface area (Å²) < 4.78 is 54.9. The minimum absolute atomic E-state index is 0.110. The van der Waals surface area contributed by atoms with Gasteiger partial charge in [0, 0.05) is 31.9 Å². The molecule has 178 valence electrons. The summed E-state index contributed by atoms with van der Waals surface area (Å²) >= 11 is 0. The van der Waals surface area contributed by atoms with E-state index in [-0.39, 0.29) is 23.0 Å². The van der Waals surface area contributed by atoms with Crippen molar-refractivity contribution in [1.82, 2.24) is 9.62 Å². The molecule has 1 saturated heterocycles. The molecule has 1 unspecified atom stereocenters. The van der Waals surface area contributed by atoms with E-state index in [0.717, 1.165) is 23.4 Å². The molecule has 1 atom stereocenters. The molecule has 0 saturated carbocycles. The van der Waals surface area contributed by atoms with Crippen LogP contribution in [0.4, 0.5) is 14.5 Å². The molecule has 34 heavy (non-hydrogen) atoms. The number of halogens is 2. The van der Waals surface area contributed by atoms with Gasteiger partial charge in [0.1, 0.15) is 17.7 Å². The Labute approximate surface area is 197 Å². The van der Waals surface area contributed by atoms with Crippen molar-refractivity contribution >= 4 is 21.6 Å². The molecule has 4 rings (SSSR count). The summed E-state index contributed by atoms with van der Waals surface area (Å²) in [6.07, 6.45) is 0.179. The van der Waals surface area contributed by atoms with Gasteiger partial charge in [0.05, 0.1) is 4.90 Å². The molecule has 1 aliphatic rings. The number of amides is 1. The van der Waals surface area contributed by atoms with E-state index in [2.05, 4.69) is 9.62 Å². The second kappa shape index (κ2) is 10.3. The highest BCUT2D eigenvalue weighted by molar-refractivity contribution is 7.89. The van der Waals surface area contributed by atoms with Gasteiger partial charge >= 0.3 is 0 Å². The van der Waals surface area contributed by atoms with E-state index < -0.39 is 21.9 Å². The van der Waals surface area contributed by atoms with Crippen molar-refractivity contribution in [2.24, 2.45) is 0 Å². The lowest BCUT2D eigenvalue weighted by Crippen LogP contribution is -2.55. The number of nitrogens with one attached hydrogen (secondary N) is 1. The topological polar surface area (TPSA) is 69.7 Å². The van der Waals surface area contributed by atoms with Gasteiger partial charge in [0.15, 0.2) is 0 Å². The molecule has 1 N–H and O–H groups in total. The molecule has 1 amide bonds. The normalized spacial score (nSPS) is 15.2. The lowest BCUT2D eigenvalue weighted by atomic mass is 10.1. The summed E-state index contributed by atoms with van der Waals surface area (Å²) in [6, 6.07) is 18.8. The van der Waals surface area contributed by atoms with Gasteiger partial charge in [-0.1, -0.05) is 30.3 Å². The first-order chi connectivity index (χ1) is 16.3. The zero-order valence-corrected chi connectivity index (χ0v) is 19.2. The maximum atomic E-state index is 13.4. The maximum Gasteiger partial charge on any atom is 0.241 e. The van der Waals surface area contributed by atoms with Gasteiger partial charge in [-0.3, -0.25) is 4.79 Å². The fourth-order valence-corrected chi connectivity index (χ4v) is 5.14. The highest BCUT2D eigenvalue weighted by Gasteiger charge is 2.31. The number of hydrogen-bond donors (Lipinski definition) is 1. The molecular formula is C25H25F2N3O3S. The summed E-state index contributed by atoms with van der Waals surface area (Å²) in [5.74, 6) is -1.18. The van der Waals surface area contributed by atoms with E-state index in [0.29, 0.717) is 26.2 Å². The van der Waals surface area contributed by atoms with Crippen LogP contribution in [0.2, 0.25) is 0 Å². The average molecular weight is 486 g/mol. The average Bonchev–Trinajstić information content (AvgIpc) is 2.84. The number of anilines is 1. The third-order valence-corrected chi connectivity index (χ3v) is 7.27. The monoisotopic (exact) mass is 485 g/mol. The van der Waals surface area contributed by atoms with Crippen LogP contribution >= 0.6 is 0 Å². The van der Waals surface area contributed by atoms with Crippen LogP contribution in [0.15, 0.2) is 83.8 Å². The predicted octanol–water partition coefficient (Wildman–Crippen LogP) is 3.20. The minimum atomic E-state index is -4.05. The standard InChI is InChI=1S/C25H25F2N3O3S/c26-20-6-10-22(11-7-20)29-14-16-30(17-15-29)25(31)24(18-19-4-2-1-3-5-19)28-34(32,33)23-12-8-21(27)9-13-23/h1-13,24,28H,14-18H2. The first-order valence-corrected chi connectivity index (χ1v) is 12.4. The third kappa shape index (κ3) is 5.78. The van der Waals surface area contributed by atoms with Gasteiger partial charge < -0.3 is 9.80 Å². The Morgan fingerprint density at radius 1 is 0.824 bits per heavy atom. The molecule has 3 aromatic carbocycles. The van der Waals surface area contributed by atoms with Crippen LogP contribution in [0.5, 0.6) is 0 Å². The van der Waals surface area contributed by atoms with Crippen LogP contribution in [-0.4, -0.2) is 51.4 Å². The van der Waals surface area contributed by atoms with Crippen molar-refractivity contribution < 1.29 is 22.0 Å². The van der Waals surface area contributed by atoms with Crippen molar-refractivity contribution in [2.45, 2.75) is 17.4 Å². The fourth-order valence-electron chi connectivity index (χ4n) is 3.96. The van der Waals surface area contributed by atoms with Gasteiger partial charge in [-0.2, -0.15) is 4.72 Å². The van der Waals surface area contributed by atoms with E-state index in [1.807, 2.05) is 30.3 Å². The Morgan fingerprint density at radius 2 is 1.38 bits per heavy atom. The predicted molar refractivity (Wildman–Crippen MR) is 126 cm³/mol. The molecule has 0 spiro atoms. The number of benzene rings is 3. The molecule has 1 aliphatic heterocycles. The van der Waals surface area contributed by atoms with Crippen molar-refractivity contribution in [1.29, 1.82) is 0 Å². The molecule has 0 aliphatic carbocycles. The Kier molecular flexibility index (Phi) is 7.23. The number of rotatable bonds is 7.